The van der Waals surface area contributed by atoms with E-state index in [2.05, 4.69) is 5.32 Å². The first-order valence-electron chi connectivity index (χ1n) is 7.51. The van der Waals surface area contributed by atoms with Crippen LogP contribution in [0.5, 0.6) is 17.2 Å². The summed E-state index contributed by atoms with van der Waals surface area (Å²) in [6.45, 7) is 3.51. The lowest BCUT2D eigenvalue weighted by Gasteiger charge is -2.17. The molecule has 1 unspecified atom stereocenters. The second kappa shape index (κ2) is 8.32. The maximum absolute atomic E-state index is 12.4. The fraction of sp³-hybridized carbons (Fsp3) is 0.278. The summed E-state index contributed by atoms with van der Waals surface area (Å²) in [7, 11) is 3.00. The molecule has 0 saturated carbocycles. The zero-order valence-electron chi connectivity index (χ0n) is 14.4. The number of ether oxygens (including phenoxy) is 3. The van der Waals surface area contributed by atoms with E-state index in [9.17, 15) is 4.79 Å². The predicted octanol–water partition coefficient (Wildman–Crippen LogP) is 4.73. The number of methoxy groups -OCH3 is 2. The van der Waals surface area contributed by atoms with Gasteiger partial charge in [-0.15, -0.1) is 0 Å². The van der Waals surface area contributed by atoms with E-state index >= 15 is 0 Å². The Morgan fingerprint density at radius 2 is 1.72 bits per heavy atom. The van der Waals surface area contributed by atoms with Crippen molar-refractivity contribution in [1.29, 1.82) is 0 Å². The van der Waals surface area contributed by atoms with Gasteiger partial charge in [-0.05, 0) is 43.7 Å². The standard InChI is InChI=1S/C18H19Cl2NO4/c1-10-7-12(5-6-13(10)19)25-11(2)18(22)21-15-8-14(20)16(23-3)9-17(15)24-4/h5-9,11H,1-4H3,(H,21,22). The molecule has 0 bridgehead atoms. The molecule has 0 aliphatic carbocycles. The Morgan fingerprint density at radius 3 is 2.32 bits per heavy atom. The average molecular weight is 384 g/mol. The highest BCUT2D eigenvalue weighted by atomic mass is 35.5. The van der Waals surface area contributed by atoms with Crippen molar-refractivity contribution in [1.82, 2.24) is 0 Å². The van der Waals surface area contributed by atoms with Crippen LogP contribution in [0, 0.1) is 6.92 Å². The summed E-state index contributed by atoms with van der Waals surface area (Å²) in [6.07, 6.45) is -0.730. The molecule has 7 heteroatoms. The Hall–Kier alpha value is -2.11. The topological polar surface area (TPSA) is 56.8 Å². The van der Waals surface area contributed by atoms with Crippen molar-refractivity contribution in [3.63, 3.8) is 0 Å². The Morgan fingerprint density at radius 1 is 1.04 bits per heavy atom. The minimum absolute atomic E-state index is 0.341. The van der Waals surface area contributed by atoms with Crippen LogP contribution in [-0.2, 0) is 4.79 Å². The van der Waals surface area contributed by atoms with E-state index in [-0.39, 0.29) is 5.91 Å². The fourth-order valence-electron chi connectivity index (χ4n) is 2.14. The average Bonchev–Trinajstić information content (AvgIpc) is 2.58. The van der Waals surface area contributed by atoms with Gasteiger partial charge in [0.15, 0.2) is 6.10 Å². The molecule has 0 aliphatic rings. The molecule has 0 heterocycles. The van der Waals surface area contributed by atoms with Gasteiger partial charge in [0.25, 0.3) is 5.91 Å². The molecule has 0 spiro atoms. The molecule has 1 amide bonds. The van der Waals surface area contributed by atoms with Crippen LogP contribution in [0.4, 0.5) is 5.69 Å². The fourth-order valence-corrected chi connectivity index (χ4v) is 2.50. The molecule has 2 rings (SSSR count). The van der Waals surface area contributed by atoms with Crippen LogP contribution in [-0.4, -0.2) is 26.2 Å². The number of carbonyl (C=O) groups is 1. The summed E-state index contributed by atoms with van der Waals surface area (Å²) in [5.41, 5.74) is 1.30. The monoisotopic (exact) mass is 383 g/mol. The molecule has 0 aliphatic heterocycles. The molecule has 1 atom stereocenters. The van der Waals surface area contributed by atoms with Gasteiger partial charge in [0.05, 0.1) is 24.9 Å². The van der Waals surface area contributed by atoms with Gasteiger partial charge >= 0.3 is 0 Å². The first kappa shape index (κ1) is 19.2. The van der Waals surface area contributed by atoms with Crippen molar-refractivity contribution < 1.29 is 19.0 Å². The third kappa shape index (κ3) is 4.71. The van der Waals surface area contributed by atoms with Gasteiger partial charge < -0.3 is 19.5 Å². The Balaban J connectivity index is 2.13. The van der Waals surface area contributed by atoms with Crippen LogP contribution in [0.1, 0.15) is 12.5 Å². The van der Waals surface area contributed by atoms with Crippen molar-refractivity contribution in [2.75, 3.05) is 19.5 Å². The minimum atomic E-state index is -0.730. The highest BCUT2D eigenvalue weighted by molar-refractivity contribution is 6.32. The zero-order chi connectivity index (χ0) is 18.6. The molecule has 0 radical (unpaired) electrons. The number of amides is 1. The van der Waals surface area contributed by atoms with Crippen LogP contribution < -0.4 is 19.5 Å². The lowest BCUT2D eigenvalue weighted by Crippen LogP contribution is -2.30. The SMILES string of the molecule is COc1cc(OC)c(NC(=O)C(C)Oc2ccc(Cl)c(C)c2)cc1Cl. The summed E-state index contributed by atoms with van der Waals surface area (Å²) in [5.74, 6) is 1.11. The zero-order valence-corrected chi connectivity index (χ0v) is 15.9. The molecular weight excluding hydrogens is 365 g/mol. The highest BCUT2D eigenvalue weighted by Gasteiger charge is 2.18. The van der Waals surface area contributed by atoms with Crippen LogP contribution >= 0.6 is 23.2 Å². The molecule has 25 heavy (non-hydrogen) atoms. The van der Waals surface area contributed by atoms with E-state index in [1.165, 1.54) is 14.2 Å². The number of hydrogen-bond acceptors (Lipinski definition) is 4. The molecule has 0 aromatic heterocycles. The molecule has 1 N–H and O–H groups in total. The molecule has 0 saturated heterocycles. The first-order chi connectivity index (χ1) is 11.8. The number of benzene rings is 2. The number of aryl methyl sites for hydroxylation is 1. The summed E-state index contributed by atoms with van der Waals surface area (Å²) in [6, 6.07) is 8.38. The number of hydrogen-bond donors (Lipinski definition) is 1. The third-order valence-corrected chi connectivity index (χ3v) is 4.26. The van der Waals surface area contributed by atoms with Gasteiger partial charge in [0, 0.05) is 11.1 Å². The molecule has 5 nitrogen and oxygen atoms in total. The Labute approximate surface area is 156 Å². The van der Waals surface area contributed by atoms with Crippen LogP contribution in [0.2, 0.25) is 10.0 Å². The van der Waals surface area contributed by atoms with Gasteiger partial charge in [-0.25, -0.2) is 0 Å². The number of rotatable bonds is 6. The van der Waals surface area contributed by atoms with Crippen molar-refractivity contribution in [2.24, 2.45) is 0 Å². The third-order valence-electron chi connectivity index (χ3n) is 3.54. The van der Waals surface area contributed by atoms with E-state index in [0.29, 0.717) is 33.0 Å². The Kier molecular flexibility index (Phi) is 6.39. The van der Waals surface area contributed by atoms with E-state index < -0.39 is 6.10 Å². The molecule has 2 aromatic rings. The van der Waals surface area contributed by atoms with E-state index in [0.717, 1.165) is 5.56 Å². The second-order valence-electron chi connectivity index (χ2n) is 5.35. The predicted molar refractivity (Wildman–Crippen MR) is 99.5 cm³/mol. The number of halogens is 2. The Bertz CT molecular complexity index is 780. The van der Waals surface area contributed by atoms with Crippen LogP contribution in [0.15, 0.2) is 30.3 Å². The normalized spacial score (nSPS) is 11.6. The van der Waals surface area contributed by atoms with Gasteiger partial charge in [-0.2, -0.15) is 0 Å². The van der Waals surface area contributed by atoms with Crippen molar-refractivity contribution in [2.45, 2.75) is 20.0 Å². The lowest BCUT2D eigenvalue weighted by molar-refractivity contribution is -0.122. The summed E-state index contributed by atoms with van der Waals surface area (Å²) < 4.78 is 16.1. The molecule has 0 fully saturated rings. The molecule has 2 aromatic carbocycles. The van der Waals surface area contributed by atoms with Gasteiger partial charge in [-0.1, -0.05) is 23.2 Å². The number of anilines is 1. The van der Waals surface area contributed by atoms with Crippen LogP contribution in [0.3, 0.4) is 0 Å². The highest BCUT2D eigenvalue weighted by Crippen LogP contribution is 2.36. The largest absolute Gasteiger partial charge is 0.495 e. The second-order valence-corrected chi connectivity index (χ2v) is 6.16. The van der Waals surface area contributed by atoms with Gasteiger partial charge in [0.1, 0.15) is 17.2 Å². The van der Waals surface area contributed by atoms with Crippen molar-refractivity contribution >= 4 is 34.8 Å². The van der Waals surface area contributed by atoms with E-state index in [4.69, 9.17) is 37.4 Å². The summed E-state index contributed by atoms with van der Waals surface area (Å²) >= 11 is 12.1. The molecule has 134 valence electrons. The van der Waals surface area contributed by atoms with Crippen molar-refractivity contribution in [3.8, 4) is 17.2 Å². The number of carbonyl (C=O) groups excluding carboxylic acids is 1. The van der Waals surface area contributed by atoms with Crippen LogP contribution in [0.25, 0.3) is 0 Å². The molecular formula is C18H19Cl2NO4. The summed E-state index contributed by atoms with van der Waals surface area (Å²) in [5, 5.41) is 3.75. The van der Waals surface area contributed by atoms with Gasteiger partial charge in [0.2, 0.25) is 0 Å². The van der Waals surface area contributed by atoms with Crippen molar-refractivity contribution in [3.05, 3.63) is 45.9 Å². The van der Waals surface area contributed by atoms with Gasteiger partial charge in [-0.3, -0.25) is 4.79 Å². The smallest absolute Gasteiger partial charge is 0.265 e. The number of nitrogens with one attached hydrogen (secondary N) is 1. The maximum Gasteiger partial charge on any atom is 0.265 e. The quantitative estimate of drug-likeness (QED) is 0.783. The van der Waals surface area contributed by atoms with E-state index in [1.807, 2.05) is 6.92 Å². The van der Waals surface area contributed by atoms with E-state index in [1.54, 1.807) is 37.3 Å². The first-order valence-corrected chi connectivity index (χ1v) is 8.26. The minimum Gasteiger partial charge on any atom is -0.495 e. The maximum atomic E-state index is 12.4. The summed E-state index contributed by atoms with van der Waals surface area (Å²) in [4.78, 5) is 12.4. The lowest BCUT2D eigenvalue weighted by atomic mass is 10.2.